The number of benzene rings is 2. The molecule has 0 aliphatic carbocycles. The highest BCUT2D eigenvalue weighted by Crippen LogP contribution is 2.27. The number of carbonyl (C=O) groups is 1. The summed E-state index contributed by atoms with van der Waals surface area (Å²) >= 11 is 15.3. The molecule has 0 saturated heterocycles. The van der Waals surface area contributed by atoms with Gasteiger partial charge >= 0.3 is 0 Å². The smallest absolute Gasteiger partial charge is 0.257 e. The second-order valence-electron chi connectivity index (χ2n) is 4.06. The topological polar surface area (TPSA) is 29.1 Å². The molecular weight excluding hydrogens is 349 g/mol. The number of hydrogen-bond donors (Lipinski definition) is 1. The summed E-state index contributed by atoms with van der Waals surface area (Å²) < 4.78 is 0.758. The van der Waals surface area contributed by atoms with Crippen LogP contribution in [0.15, 0.2) is 40.9 Å². The zero-order valence-electron chi connectivity index (χ0n) is 10.0. The van der Waals surface area contributed by atoms with Crippen molar-refractivity contribution in [3.05, 3.63) is 62.0 Å². The molecule has 19 heavy (non-hydrogen) atoms. The number of aryl methyl sites for hydroxylation is 1. The summed E-state index contributed by atoms with van der Waals surface area (Å²) in [6, 6.07) is 10.5. The molecule has 98 valence electrons. The van der Waals surface area contributed by atoms with Gasteiger partial charge in [0.05, 0.1) is 16.3 Å². The Morgan fingerprint density at radius 1 is 1.16 bits per heavy atom. The summed E-state index contributed by atoms with van der Waals surface area (Å²) in [6.45, 7) is 1.92. The fourth-order valence-corrected chi connectivity index (χ4v) is 2.43. The lowest BCUT2D eigenvalue weighted by atomic mass is 10.1. The third-order valence-corrected chi connectivity index (χ3v) is 3.79. The van der Waals surface area contributed by atoms with Gasteiger partial charge in [-0.3, -0.25) is 4.79 Å². The Hall–Kier alpha value is -1.03. The minimum absolute atomic E-state index is 0.270. The van der Waals surface area contributed by atoms with Crippen LogP contribution in [0, 0.1) is 6.92 Å². The van der Waals surface area contributed by atoms with Gasteiger partial charge in [0.2, 0.25) is 0 Å². The number of anilines is 1. The summed E-state index contributed by atoms with van der Waals surface area (Å²) in [7, 11) is 0. The van der Waals surface area contributed by atoms with E-state index in [1.54, 1.807) is 30.3 Å². The van der Waals surface area contributed by atoms with Gasteiger partial charge in [-0.2, -0.15) is 0 Å². The Labute approximate surface area is 129 Å². The van der Waals surface area contributed by atoms with Gasteiger partial charge < -0.3 is 5.32 Å². The summed E-state index contributed by atoms with van der Waals surface area (Å²) in [5.74, 6) is -0.270. The molecule has 2 aromatic rings. The van der Waals surface area contributed by atoms with Crippen molar-refractivity contribution in [1.82, 2.24) is 0 Å². The average Bonchev–Trinajstić information content (AvgIpc) is 2.33. The molecular formula is C14H10BrCl2NO. The van der Waals surface area contributed by atoms with E-state index in [0.29, 0.717) is 21.3 Å². The molecule has 0 fully saturated rings. The number of halogens is 3. The van der Waals surface area contributed by atoms with Crippen molar-refractivity contribution in [1.29, 1.82) is 0 Å². The van der Waals surface area contributed by atoms with Crippen molar-refractivity contribution in [2.45, 2.75) is 6.92 Å². The van der Waals surface area contributed by atoms with Gasteiger partial charge in [0.25, 0.3) is 5.91 Å². The molecule has 0 bridgehead atoms. The first-order valence-electron chi connectivity index (χ1n) is 5.50. The average molecular weight is 359 g/mol. The highest BCUT2D eigenvalue weighted by molar-refractivity contribution is 9.10. The van der Waals surface area contributed by atoms with Crippen LogP contribution in [-0.4, -0.2) is 5.91 Å². The van der Waals surface area contributed by atoms with Crippen LogP contribution in [0.5, 0.6) is 0 Å². The zero-order valence-corrected chi connectivity index (χ0v) is 13.1. The largest absolute Gasteiger partial charge is 0.321 e. The van der Waals surface area contributed by atoms with Gasteiger partial charge in [-0.15, -0.1) is 0 Å². The maximum absolute atomic E-state index is 12.2. The molecule has 0 aromatic heterocycles. The van der Waals surface area contributed by atoms with E-state index < -0.39 is 0 Å². The molecule has 0 spiro atoms. The molecule has 0 saturated carbocycles. The number of rotatable bonds is 2. The molecule has 2 rings (SSSR count). The van der Waals surface area contributed by atoms with Gasteiger partial charge in [0.1, 0.15) is 0 Å². The van der Waals surface area contributed by atoms with Gasteiger partial charge in [-0.1, -0.05) is 29.3 Å². The summed E-state index contributed by atoms with van der Waals surface area (Å²) in [5.41, 5.74) is 2.04. The Balaban J connectivity index is 2.28. The highest BCUT2D eigenvalue weighted by Gasteiger charge is 2.12. The second kappa shape index (κ2) is 5.95. The quantitative estimate of drug-likeness (QED) is 0.773. The van der Waals surface area contributed by atoms with E-state index in [0.717, 1.165) is 10.0 Å². The van der Waals surface area contributed by atoms with Crippen molar-refractivity contribution < 1.29 is 4.79 Å². The first kappa shape index (κ1) is 14.4. The molecule has 1 N–H and O–H groups in total. The third kappa shape index (κ3) is 3.50. The summed E-state index contributed by atoms with van der Waals surface area (Å²) in [6.07, 6.45) is 0. The fraction of sp³-hybridized carbons (Fsp3) is 0.0714. The Kier molecular flexibility index (Phi) is 4.50. The van der Waals surface area contributed by atoms with E-state index in [1.165, 1.54) is 0 Å². The summed E-state index contributed by atoms with van der Waals surface area (Å²) in [4.78, 5) is 12.2. The van der Waals surface area contributed by atoms with Crippen LogP contribution in [0.3, 0.4) is 0 Å². The first-order chi connectivity index (χ1) is 8.97. The van der Waals surface area contributed by atoms with E-state index >= 15 is 0 Å². The van der Waals surface area contributed by atoms with Crippen molar-refractivity contribution in [2.24, 2.45) is 0 Å². The molecule has 0 aliphatic heterocycles. The lowest BCUT2D eigenvalue weighted by molar-refractivity contribution is 0.102. The van der Waals surface area contributed by atoms with Gasteiger partial charge in [0.15, 0.2) is 0 Å². The molecule has 1 amide bonds. The van der Waals surface area contributed by atoms with E-state index in [-0.39, 0.29) is 5.91 Å². The number of carbonyl (C=O) groups excluding carboxylic acids is 1. The van der Waals surface area contributed by atoms with Crippen LogP contribution in [0.2, 0.25) is 10.0 Å². The molecule has 2 nitrogen and oxygen atoms in total. The monoisotopic (exact) mass is 357 g/mol. The molecule has 0 aliphatic rings. The van der Waals surface area contributed by atoms with E-state index in [4.69, 9.17) is 23.2 Å². The minimum Gasteiger partial charge on any atom is -0.321 e. The Bertz CT molecular complexity index is 643. The van der Waals surface area contributed by atoms with Crippen LogP contribution < -0.4 is 5.32 Å². The van der Waals surface area contributed by atoms with Crippen molar-refractivity contribution in [2.75, 3.05) is 5.32 Å². The zero-order chi connectivity index (χ0) is 14.0. The minimum atomic E-state index is -0.270. The molecule has 5 heteroatoms. The fourth-order valence-electron chi connectivity index (χ4n) is 1.59. The van der Waals surface area contributed by atoms with Gasteiger partial charge in [-0.25, -0.2) is 0 Å². The Morgan fingerprint density at radius 3 is 2.58 bits per heavy atom. The normalized spacial score (nSPS) is 10.3. The van der Waals surface area contributed by atoms with Gasteiger partial charge in [-0.05, 0) is 58.7 Å². The highest BCUT2D eigenvalue weighted by atomic mass is 79.9. The van der Waals surface area contributed by atoms with Crippen molar-refractivity contribution in [3.8, 4) is 0 Å². The molecule has 0 atom stereocenters. The van der Waals surface area contributed by atoms with Crippen LogP contribution in [0.1, 0.15) is 15.9 Å². The van der Waals surface area contributed by atoms with E-state index in [1.807, 2.05) is 13.0 Å². The second-order valence-corrected chi connectivity index (χ2v) is 5.76. The molecule has 0 radical (unpaired) electrons. The summed E-state index contributed by atoms with van der Waals surface area (Å²) in [5, 5.41) is 3.75. The number of nitrogens with one attached hydrogen (secondary N) is 1. The van der Waals surface area contributed by atoms with E-state index in [2.05, 4.69) is 21.2 Å². The maximum atomic E-state index is 12.2. The van der Waals surface area contributed by atoms with Crippen molar-refractivity contribution >= 4 is 50.7 Å². The lowest BCUT2D eigenvalue weighted by Gasteiger charge is -2.09. The Morgan fingerprint density at radius 2 is 1.89 bits per heavy atom. The first-order valence-corrected chi connectivity index (χ1v) is 7.05. The van der Waals surface area contributed by atoms with Crippen LogP contribution in [-0.2, 0) is 0 Å². The van der Waals surface area contributed by atoms with E-state index in [9.17, 15) is 4.79 Å². The SMILES string of the molecule is Cc1ccc(C(=O)Nc2cc(Cl)ccc2Br)c(Cl)c1. The number of amides is 1. The molecule has 2 aromatic carbocycles. The van der Waals surface area contributed by atoms with Crippen LogP contribution in [0.4, 0.5) is 5.69 Å². The molecule has 0 unspecified atom stereocenters. The number of hydrogen-bond acceptors (Lipinski definition) is 1. The standard InChI is InChI=1S/C14H10BrCl2NO/c1-8-2-4-10(12(17)6-8)14(19)18-13-7-9(16)3-5-11(13)15/h2-7H,1H3,(H,18,19). The van der Waals surface area contributed by atoms with Crippen LogP contribution >= 0.6 is 39.1 Å². The molecule has 0 heterocycles. The van der Waals surface area contributed by atoms with Gasteiger partial charge in [0, 0.05) is 9.50 Å². The maximum Gasteiger partial charge on any atom is 0.257 e. The predicted octanol–water partition coefficient (Wildman–Crippen LogP) is 5.32. The predicted molar refractivity (Wildman–Crippen MR) is 83.3 cm³/mol. The third-order valence-electron chi connectivity index (χ3n) is 2.55. The lowest BCUT2D eigenvalue weighted by Crippen LogP contribution is -2.12. The van der Waals surface area contributed by atoms with Crippen molar-refractivity contribution in [3.63, 3.8) is 0 Å². The van der Waals surface area contributed by atoms with Crippen LogP contribution in [0.25, 0.3) is 0 Å².